The van der Waals surface area contributed by atoms with Gasteiger partial charge in [0.25, 0.3) is 5.91 Å². The fourth-order valence-electron chi connectivity index (χ4n) is 4.41. The molecule has 2 aromatic carbocycles. The molecule has 0 spiro atoms. The van der Waals surface area contributed by atoms with Crippen molar-refractivity contribution in [3.05, 3.63) is 78.7 Å². The lowest BCUT2D eigenvalue weighted by molar-refractivity contribution is 0.0688. The number of furan rings is 1. The van der Waals surface area contributed by atoms with Crippen molar-refractivity contribution in [2.45, 2.75) is 0 Å². The number of aromatic nitrogens is 1. The molecule has 168 valence electrons. The van der Waals surface area contributed by atoms with Crippen molar-refractivity contribution in [2.24, 2.45) is 0 Å². The Labute approximate surface area is 191 Å². The number of aromatic amines is 1. The van der Waals surface area contributed by atoms with Crippen LogP contribution in [0.1, 0.15) is 15.9 Å². The first-order valence-corrected chi connectivity index (χ1v) is 10.8. The number of rotatable bonds is 5. The number of piperazine rings is 1. The first kappa shape index (κ1) is 20.8. The van der Waals surface area contributed by atoms with Crippen molar-refractivity contribution in [2.75, 3.05) is 33.3 Å². The summed E-state index contributed by atoms with van der Waals surface area (Å²) in [6.07, 6.45) is 3.38. The SMILES string of the molecule is C=C(c1cccc(O)c1)N1CCN(C(=O)c2c[nH]c3c(-c4ccco4)ccc(OC)c23)CC1. The molecular weight excluding hydrogens is 418 g/mol. The number of nitrogens with zero attached hydrogens (tertiary/aromatic N) is 2. The van der Waals surface area contributed by atoms with Crippen molar-refractivity contribution in [3.63, 3.8) is 0 Å². The summed E-state index contributed by atoms with van der Waals surface area (Å²) in [5.41, 5.74) is 3.98. The molecule has 7 nitrogen and oxygen atoms in total. The first-order valence-electron chi connectivity index (χ1n) is 10.8. The summed E-state index contributed by atoms with van der Waals surface area (Å²) in [5.74, 6) is 1.53. The Morgan fingerprint density at radius 2 is 1.88 bits per heavy atom. The quantitative estimate of drug-likeness (QED) is 0.472. The van der Waals surface area contributed by atoms with E-state index < -0.39 is 0 Å². The highest BCUT2D eigenvalue weighted by atomic mass is 16.5. The van der Waals surface area contributed by atoms with Crippen molar-refractivity contribution in [3.8, 4) is 22.8 Å². The summed E-state index contributed by atoms with van der Waals surface area (Å²) in [4.78, 5) is 20.7. The van der Waals surface area contributed by atoms with E-state index in [1.807, 2.05) is 35.2 Å². The largest absolute Gasteiger partial charge is 0.508 e. The van der Waals surface area contributed by atoms with Crippen molar-refractivity contribution >= 4 is 22.5 Å². The molecule has 0 atom stereocenters. The Balaban J connectivity index is 1.38. The predicted octanol–water partition coefficient (Wildman–Crippen LogP) is 4.57. The number of amides is 1. The number of hydrogen-bond donors (Lipinski definition) is 2. The fourth-order valence-corrected chi connectivity index (χ4v) is 4.41. The molecule has 1 saturated heterocycles. The molecule has 0 unspecified atom stereocenters. The number of aromatic hydroxyl groups is 1. The molecule has 1 aliphatic heterocycles. The highest BCUT2D eigenvalue weighted by molar-refractivity contribution is 6.12. The normalized spacial score (nSPS) is 14.0. The standard InChI is InChI=1S/C26H25N3O4/c1-17(18-5-3-6-19(30)15-18)28-10-12-29(13-11-28)26(31)21-16-27-25-20(22-7-4-14-33-22)8-9-23(32-2)24(21)25/h3-9,14-16,27,30H,1,10-13H2,2H3. The molecule has 1 aliphatic rings. The molecule has 4 aromatic rings. The van der Waals surface area contributed by atoms with Crippen molar-refractivity contribution in [1.29, 1.82) is 0 Å². The molecule has 1 amide bonds. The number of H-pyrrole nitrogens is 1. The van der Waals surface area contributed by atoms with Crippen LogP contribution in [0.5, 0.6) is 11.5 Å². The maximum Gasteiger partial charge on any atom is 0.256 e. The van der Waals surface area contributed by atoms with Crippen molar-refractivity contribution in [1.82, 2.24) is 14.8 Å². The zero-order chi connectivity index (χ0) is 22.9. The van der Waals surface area contributed by atoms with Crippen LogP contribution in [-0.2, 0) is 0 Å². The molecule has 7 heteroatoms. The van der Waals surface area contributed by atoms with Crippen LogP contribution in [0.4, 0.5) is 0 Å². The summed E-state index contributed by atoms with van der Waals surface area (Å²) in [5, 5.41) is 10.5. The number of nitrogens with one attached hydrogen (secondary N) is 1. The van der Waals surface area contributed by atoms with Gasteiger partial charge in [0.2, 0.25) is 0 Å². The number of ether oxygens (including phenoxy) is 1. The second kappa shape index (κ2) is 8.43. The molecule has 3 heterocycles. The predicted molar refractivity (Wildman–Crippen MR) is 127 cm³/mol. The second-order valence-corrected chi connectivity index (χ2v) is 8.02. The van der Waals surface area contributed by atoms with E-state index in [1.165, 1.54) is 0 Å². The molecular formula is C26H25N3O4. The zero-order valence-corrected chi connectivity index (χ0v) is 18.4. The highest BCUT2D eigenvalue weighted by Gasteiger charge is 2.27. The molecule has 2 N–H and O–H groups in total. The summed E-state index contributed by atoms with van der Waals surface area (Å²) in [6.45, 7) is 6.66. The Morgan fingerprint density at radius 1 is 1.09 bits per heavy atom. The van der Waals surface area contributed by atoms with E-state index in [4.69, 9.17) is 9.15 Å². The van der Waals surface area contributed by atoms with E-state index in [1.54, 1.807) is 37.8 Å². The van der Waals surface area contributed by atoms with Gasteiger partial charge in [-0.1, -0.05) is 18.7 Å². The molecule has 2 aromatic heterocycles. The average Bonchev–Trinajstić information content (AvgIpc) is 3.53. The minimum Gasteiger partial charge on any atom is -0.508 e. The summed E-state index contributed by atoms with van der Waals surface area (Å²) in [7, 11) is 1.61. The molecule has 0 saturated carbocycles. The van der Waals surface area contributed by atoms with E-state index in [0.717, 1.165) is 33.5 Å². The van der Waals surface area contributed by atoms with Crippen LogP contribution >= 0.6 is 0 Å². The van der Waals surface area contributed by atoms with Crippen LogP contribution in [0.25, 0.3) is 27.9 Å². The van der Waals surface area contributed by atoms with Crippen LogP contribution in [0.15, 0.2) is 72.0 Å². The molecule has 0 bridgehead atoms. The number of carbonyl (C=O) groups excluding carboxylic acids is 1. The number of methoxy groups -OCH3 is 1. The minimum atomic E-state index is -0.0428. The monoisotopic (exact) mass is 443 g/mol. The van der Waals surface area contributed by atoms with Crippen LogP contribution < -0.4 is 4.74 Å². The van der Waals surface area contributed by atoms with Gasteiger partial charge in [0.15, 0.2) is 0 Å². The number of hydrogen-bond acceptors (Lipinski definition) is 5. The van der Waals surface area contributed by atoms with Gasteiger partial charge in [-0.05, 0) is 36.4 Å². The Bertz CT molecular complexity index is 1310. The lowest BCUT2D eigenvalue weighted by Crippen LogP contribution is -2.47. The van der Waals surface area contributed by atoms with E-state index in [9.17, 15) is 9.90 Å². The number of phenolic OH excluding ortho intramolecular Hbond substituents is 1. The van der Waals surface area contributed by atoms with Gasteiger partial charge in [0.1, 0.15) is 17.3 Å². The number of phenols is 1. The Kier molecular flexibility index (Phi) is 5.30. The highest BCUT2D eigenvalue weighted by Crippen LogP contribution is 2.37. The zero-order valence-electron chi connectivity index (χ0n) is 18.4. The van der Waals surface area contributed by atoms with Crippen LogP contribution in [-0.4, -0.2) is 59.1 Å². The summed E-state index contributed by atoms with van der Waals surface area (Å²) in [6, 6.07) is 14.6. The molecule has 1 fully saturated rings. The van der Waals surface area contributed by atoms with Gasteiger partial charge in [-0.25, -0.2) is 0 Å². The first-order chi connectivity index (χ1) is 16.1. The smallest absolute Gasteiger partial charge is 0.256 e. The molecule has 33 heavy (non-hydrogen) atoms. The average molecular weight is 444 g/mol. The van der Waals surface area contributed by atoms with Gasteiger partial charge in [-0.15, -0.1) is 0 Å². The van der Waals surface area contributed by atoms with Gasteiger partial charge in [-0.2, -0.15) is 0 Å². The second-order valence-electron chi connectivity index (χ2n) is 8.02. The van der Waals surface area contributed by atoms with E-state index in [0.29, 0.717) is 37.5 Å². The van der Waals surface area contributed by atoms with Crippen molar-refractivity contribution < 1.29 is 19.1 Å². The van der Waals surface area contributed by atoms with E-state index in [2.05, 4.69) is 16.5 Å². The van der Waals surface area contributed by atoms with Crippen LogP contribution in [0, 0.1) is 0 Å². The maximum absolute atomic E-state index is 13.5. The molecule has 0 aliphatic carbocycles. The topological polar surface area (TPSA) is 81.9 Å². The third kappa shape index (κ3) is 3.71. The van der Waals surface area contributed by atoms with Gasteiger partial charge in [0.05, 0.1) is 29.8 Å². The number of carbonyl (C=O) groups is 1. The van der Waals surface area contributed by atoms with Crippen LogP contribution in [0.2, 0.25) is 0 Å². The maximum atomic E-state index is 13.5. The minimum absolute atomic E-state index is 0.0428. The van der Waals surface area contributed by atoms with Crippen LogP contribution in [0.3, 0.4) is 0 Å². The summed E-state index contributed by atoms with van der Waals surface area (Å²) >= 11 is 0. The van der Waals surface area contributed by atoms with Gasteiger partial charge in [-0.3, -0.25) is 4.79 Å². The summed E-state index contributed by atoms with van der Waals surface area (Å²) < 4.78 is 11.2. The lowest BCUT2D eigenvalue weighted by atomic mass is 10.0. The van der Waals surface area contributed by atoms with E-state index >= 15 is 0 Å². The van der Waals surface area contributed by atoms with E-state index in [-0.39, 0.29) is 11.7 Å². The molecule has 0 radical (unpaired) electrons. The van der Waals surface area contributed by atoms with Gasteiger partial charge < -0.3 is 29.0 Å². The number of benzene rings is 2. The number of fused-ring (bicyclic) bond motifs is 1. The van der Waals surface area contributed by atoms with Gasteiger partial charge >= 0.3 is 0 Å². The third-order valence-corrected chi connectivity index (χ3v) is 6.16. The lowest BCUT2D eigenvalue weighted by Gasteiger charge is -2.37. The molecule has 5 rings (SSSR count). The Hall–Kier alpha value is -4.13. The van der Waals surface area contributed by atoms with Gasteiger partial charge in [0, 0.05) is 49.2 Å². The Morgan fingerprint density at radius 3 is 2.58 bits per heavy atom. The fraction of sp³-hybridized carbons (Fsp3) is 0.192. The third-order valence-electron chi connectivity index (χ3n) is 6.16.